The summed E-state index contributed by atoms with van der Waals surface area (Å²) in [5, 5.41) is 0. The quantitative estimate of drug-likeness (QED) is 0.0261. The second-order valence-electron chi connectivity index (χ2n) is 21.6. The van der Waals surface area contributed by atoms with Gasteiger partial charge in [0.1, 0.15) is 13.2 Å². The minimum atomic E-state index is -0.787. The zero-order chi connectivity index (χ0) is 56.4. The number of hydrogen-bond acceptors (Lipinski definition) is 6. The molecule has 0 aliphatic carbocycles. The number of allylic oxidation sites excluding steroid dienone is 18. The molecule has 0 N–H and O–H groups in total. The van der Waals surface area contributed by atoms with Gasteiger partial charge in [-0.05, 0) is 103 Å². The number of ether oxygens (including phenoxy) is 3. The highest BCUT2D eigenvalue weighted by atomic mass is 16.6. The number of esters is 3. The van der Waals surface area contributed by atoms with Crippen LogP contribution < -0.4 is 0 Å². The molecule has 0 radical (unpaired) electrons. The molecule has 0 saturated heterocycles. The Morgan fingerprint density at radius 2 is 0.500 bits per heavy atom. The van der Waals surface area contributed by atoms with E-state index < -0.39 is 6.10 Å². The number of carbonyl (C=O) groups excluding carboxylic acids is 3. The van der Waals surface area contributed by atoms with Crippen molar-refractivity contribution in [1.29, 1.82) is 0 Å². The summed E-state index contributed by atoms with van der Waals surface area (Å²) in [4.78, 5) is 38.3. The van der Waals surface area contributed by atoms with Crippen LogP contribution in [0, 0.1) is 0 Å². The van der Waals surface area contributed by atoms with Gasteiger partial charge in [-0.1, -0.05) is 297 Å². The molecule has 1 unspecified atom stereocenters. The third-order valence-corrected chi connectivity index (χ3v) is 14.0. The summed E-state index contributed by atoms with van der Waals surface area (Å²) in [6, 6.07) is 0. The van der Waals surface area contributed by atoms with Gasteiger partial charge in [0.25, 0.3) is 0 Å². The zero-order valence-electron chi connectivity index (χ0n) is 51.2. The Kier molecular flexibility index (Phi) is 62.3. The summed E-state index contributed by atoms with van der Waals surface area (Å²) in [7, 11) is 0. The molecule has 1 atom stereocenters. The van der Waals surface area contributed by atoms with E-state index in [1.807, 2.05) is 0 Å². The Morgan fingerprint density at radius 1 is 0.269 bits per heavy atom. The Balaban J connectivity index is 4.31. The van der Waals surface area contributed by atoms with Crippen molar-refractivity contribution in [2.45, 2.75) is 316 Å². The molecule has 0 aliphatic heterocycles. The molecule has 0 aliphatic rings. The van der Waals surface area contributed by atoms with Gasteiger partial charge in [-0.3, -0.25) is 14.4 Å². The Morgan fingerprint density at radius 3 is 0.782 bits per heavy atom. The third kappa shape index (κ3) is 62.9. The van der Waals surface area contributed by atoms with Gasteiger partial charge in [0.2, 0.25) is 0 Å². The first-order valence-corrected chi connectivity index (χ1v) is 32.9. The zero-order valence-corrected chi connectivity index (χ0v) is 51.2. The summed E-state index contributed by atoms with van der Waals surface area (Å²) in [6.07, 6.45) is 89.5. The highest BCUT2D eigenvalue weighted by Crippen LogP contribution is 2.17. The van der Waals surface area contributed by atoms with Gasteiger partial charge in [0.05, 0.1) is 0 Å². The Hall–Kier alpha value is -3.93. The van der Waals surface area contributed by atoms with E-state index in [9.17, 15) is 14.4 Å². The van der Waals surface area contributed by atoms with Crippen LogP contribution >= 0.6 is 0 Å². The molecule has 6 nitrogen and oxygen atoms in total. The summed E-state index contributed by atoms with van der Waals surface area (Å²) < 4.78 is 16.9. The molecule has 0 heterocycles. The van der Waals surface area contributed by atoms with Crippen LogP contribution in [0.2, 0.25) is 0 Å². The van der Waals surface area contributed by atoms with Gasteiger partial charge in [0, 0.05) is 19.3 Å². The monoisotopic (exact) mass is 1080 g/mol. The van der Waals surface area contributed by atoms with Crippen LogP contribution in [-0.4, -0.2) is 37.2 Å². The van der Waals surface area contributed by atoms with Crippen LogP contribution in [-0.2, 0) is 28.6 Å². The van der Waals surface area contributed by atoms with E-state index in [2.05, 4.69) is 130 Å². The van der Waals surface area contributed by atoms with Gasteiger partial charge in [-0.25, -0.2) is 0 Å². The van der Waals surface area contributed by atoms with E-state index in [0.717, 1.165) is 135 Å². The fourth-order valence-corrected chi connectivity index (χ4v) is 9.17. The lowest BCUT2D eigenvalue weighted by atomic mass is 10.0. The van der Waals surface area contributed by atoms with Crippen molar-refractivity contribution in [1.82, 2.24) is 0 Å². The fourth-order valence-electron chi connectivity index (χ4n) is 9.17. The van der Waals surface area contributed by atoms with E-state index >= 15 is 0 Å². The third-order valence-electron chi connectivity index (χ3n) is 14.0. The SMILES string of the molecule is CC/C=C\C/C=C\C/C=C\C/C=C\C/C=C\C/C=C\CCCCCCCCCCCCC(=O)OCC(COC(=O)CCCCCCC/C=C\C/C=C\C/C=C\CC)OC(=O)CCCCCCCCCCCCCCCCCC. The van der Waals surface area contributed by atoms with Crippen molar-refractivity contribution in [3.63, 3.8) is 0 Å². The normalized spacial score (nSPS) is 12.8. The summed E-state index contributed by atoms with van der Waals surface area (Å²) >= 11 is 0. The number of unbranched alkanes of at least 4 members (excludes halogenated alkanes) is 30. The van der Waals surface area contributed by atoms with Gasteiger partial charge in [-0.2, -0.15) is 0 Å². The summed E-state index contributed by atoms with van der Waals surface area (Å²) in [5.74, 6) is -0.894. The van der Waals surface area contributed by atoms with E-state index in [0.29, 0.717) is 19.3 Å². The van der Waals surface area contributed by atoms with Gasteiger partial charge < -0.3 is 14.2 Å². The van der Waals surface area contributed by atoms with Crippen LogP contribution in [0.1, 0.15) is 310 Å². The van der Waals surface area contributed by atoms with Crippen molar-refractivity contribution in [3.05, 3.63) is 109 Å². The molecule has 0 aromatic heterocycles. The smallest absolute Gasteiger partial charge is 0.306 e. The van der Waals surface area contributed by atoms with Crippen LogP contribution in [0.4, 0.5) is 0 Å². The van der Waals surface area contributed by atoms with Crippen LogP contribution in [0.15, 0.2) is 109 Å². The summed E-state index contributed by atoms with van der Waals surface area (Å²) in [6.45, 7) is 6.43. The maximum absolute atomic E-state index is 12.9. The van der Waals surface area contributed by atoms with E-state index in [1.54, 1.807) is 0 Å². The second kappa shape index (κ2) is 65.6. The standard InChI is InChI=1S/C72H122O6/c1-4-7-10-13-16-19-22-25-28-30-31-32-33-34-35-36-37-38-39-40-41-42-45-47-50-53-56-59-62-65-71(74)77-68-69(67-76-70(73)64-61-58-55-52-49-46-43-27-24-21-18-15-12-9-6-3)78-72(75)66-63-60-57-54-51-48-44-29-26-23-20-17-14-11-8-5-2/h7,9-10,12,16,18-19,21,25,27-28,31-32,34-35,37-38,43,69H,4-6,8,11,13-15,17,20,22-24,26,29-30,33,36,39-42,44-68H2,1-3H3/b10-7-,12-9-,19-16-,21-18-,28-25-,32-31-,35-34-,38-37-,43-27-. The van der Waals surface area contributed by atoms with Crippen LogP contribution in [0.5, 0.6) is 0 Å². The minimum Gasteiger partial charge on any atom is -0.462 e. The van der Waals surface area contributed by atoms with E-state index in [1.165, 1.54) is 135 Å². The molecule has 0 spiro atoms. The van der Waals surface area contributed by atoms with Gasteiger partial charge in [-0.15, -0.1) is 0 Å². The predicted molar refractivity (Wildman–Crippen MR) is 339 cm³/mol. The van der Waals surface area contributed by atoms with E-state index in [-0.39, 0.29) is 31.1 Å². The minimum absolute atomic E-state index is 0.0841. The molecule has 0 bridgehead atoms. The number of hydrogen-bond donors (Lipinski definition) is 0. The molecular weight excluding hydrogens is 961 g/mol. The molecule has 0 aromatic carbocycles. The summed E-state index contributed by atoms with van der Waals surface area (Å²) in [5.41, 5.74) is 0. The Labute approximate surface area is 482 Å². The predicted octanol–water partition coefficient (Wildman–Crippen LogP) is 22.6. The average Bonchev–Trinajstić information content (AvgIpc) is 3.44. The molecule has 78 heavy (non-hydrogen) atoms. The Bertz CT molecular complexity index is 1570. The number of carbonyl (C=O) groups is 3. The maximum Gasteiger partial charge on any atom is 0.306 e. The van der Waals surface area contributed by atoms with Crippen molar-refractivity contribution in [2.24, 2.45) is 0 Å². The highest BCUT2D eigenvalue weighted by molar-refractivity contribution is 5.71. The van der Waals surface area contributed by atoms with Crippen LogP contribution in [0.25, 0.3) is 0 Å². The maximum atomic E-state index is 12.9. The molecule has 0 aromatic rings. The molecule has 0 amide bonds. The van der Waals surface area contributed by atoms with Gasteiger partial charge >= 0.3 is 17.9 Å². The first-order valence-electron chi connectivity index (χ1n) is 32.9. The average molecular weight is 1080 g/mol. The van der Waals surface area contributed by atoms with Crippen molar-refractivity contribution < 1.29 is 28.6 Å². The number of rotatable bonds is 59. The fraction of sp³-hybridized carbons (Fsp3) is 0.708. The molecular formula is C72H122O6. The topological polar surface area (TPSA) is 78.9 Å². The molecule has 0 rings (SSSR count). The van der Waals surface area contributed by atoms with Crippen molar-refractivity contribution in [3.8, 4) is 0 Å². The van der Waals surface area contributed by atoms with Crippen molar-refractivity contribution >= 4 is 17.9 Å². The lowest BCUT2D eigenvalue weighted by molar-refractivity contribution is -0.167. The van der Waals surface area contributed by atoms with E-state index in [4.69, 9.17) is 14.2 Å². The molecule has 6 heteroatoms. The van der Waals surface area contributed by atoms with Crippen LogP contribution in [0.3, 0.4) is 0 Å². The molecule has 0 saturated carbocycles. The molecule has 446 valence electrons. The molecule has 0 fully saturated rings. The van der Waals surface area contributed by atoms with Crippen molar-refractivity contribution in [2.75, 3.05) is 13.2 Å². The van der Waals surface area contributed by atoms with Gasteiger partial charge in [0.15, 0.2) is 6.10 Å². The lowest BCUT2D eigenvalue weighted by Gasteiger charge is -2.18. The largest absolute Gasteiger partial charge is 0.462 e. The first kappa shape index (κ1) is 74.1. The lowest BCUT2D eigenvalue weighted by Crippen LogP contribution is -2.30. The highest BCUT2D eigenvalue weighted by Gasteiger charge is 2.19. The first-order chi connectivity index (χ1) is 38.5. The second-order valence-corrected chi connectivity index (χ2v) is 21.6.